The zero-order valence-corrected chi connectivity index (χ0v) is 13.0. The van der Waals surface area contributed by atoms with E-state index in [1.807, 2.05) is 0 Å². The molecule has 0 saturated heterocycles. The number of rotatable bonds is 8. The van der Waals surface area contributed by atoms with Crippen molar-refractivity contribution in [3.63, 3.8) is 0 Å². The van der Waals surface area contributed by atoms with Crippen molar-refractivity contribution in [1.82, 2.24) is 5.32 Å². The number of nitrogens with one attached hydrogen (secondary N) is 1. The topological polar surface area (TPSA) is 46.2 Å². The Kier molecular flexibility index (Phi) is 7.33. The van der Waals surface area contributed by atoms with Gasteiger partial charge in [0, 0.05) is 6.04 Å². The molecule has 0 rings (SSSR count). The van der Waals surface area contributed by atoms with Gasteiger partial charge < -0.3 is 5.32 Å². The van der Waals surface area contributed by atoms with Crippen LogP contribution in [0.3, 0.4) is 0 Å². The summed E-state index contributed by atoms with van der Waals surface area (Å²) >= 11 is 0. The van der Waals surface area contributed by atoms with Crippen molar-refractivity contribution in [3.8, 4) is 0 Å². The maximum absolute atomic E-state index is 11.7. The number of hydrogen-bond acceptors (Lipinski definition) is 3. The summed E-state index contributed by atoms with van der Waals surface area (Å²) in [5.41, 5.74) is 0. The lowest BCUT2D eigenvalue weighted by Gasteiger charge is -2.22. The Bertz CT molecular complexity index is 297. The fourth-order valence-corrected chi connectivity index (χ4v) is 2.66. The first-order chi connectivity index (χ1) is 7.66. The average Bonchev–Trinajstić information content (AvgIpc) is 2.22. The van der Waals surface area contributed by atoms with Crippen LogP contribution in [-0.4, -0.2) is 32.0 Å². The van der Waals surface area contributed by atoms with Crippen molar-refractivity contribution in [2.24, 2.45) is 11.8 Å². The van der Waals surface area contributed by atoms with E-state index in [4.69, 9.17) is 0 Å². The Morgan fingerprint density at radius 3 is 1.88 bits per heavy atom. The van der Waals surface area contributed by atoms with Gasteiger partial charge in [0.25, 0.3) is 0 Å². The molecule has 0 spiro atoms. The van der Waals surface area contributed by atoms with Crippen molar-refractivity contribution in [3.05, 3.63) is 0 Å². The molecule has 3 nitrogen and oxygen atoms in total. The lowest BCUT2D eigenvalue weighted by atomic mass is 9.93. The van der Waals surface area contributed by atoms with E-state index in [2.05, 4.69) is 33.0 Å². The summed E-state index contributed by atoms with van der Waals surface area (Å²) in [5.74, 6) is 1.27. The molecule has 0 aromatic heterocycles. The molecule has 0 saturated carbocycles. The molecule has 0 aliphatic heterocycles. The van der Waals surface area contributed by atoms with E-state index < -0.39 is 9.84 Å². The first-order valence-electron chi connectivity index (χ1n) is 6.61. The highest BCUT2D eigenvalue weighted by Crippen LogP contribution is 2.16. The molecule has 2 unspecified atom stereocenters. The zero-order chi connectivity index (χ0) is 13.6. The molecule has 0 fully saturated rings. The minimum Gasteiger partial charge on any atom is -0.314 e. The molecule has 0 aliphatic rings. The van der Waals surface area contributed by atoms with Crippen molar-refractivity contribution < 1.29 is 8.42 Å². The summed E-state index contributed by atoms with van der Waals surface area (Å²) in [6.45, 7) is 13.0. The van der Waals surface area contributed by atoms with E-state index >= 15 is 0 Å². The number of hydrogen-bond donors (Lipinski definition) is 1. The van der Waals surface area contributed by atoms with Gasteiger partial charge in [0.2, 0.25) is 0 Å². The summed E-state index contributed by atoms with van der Waals surface area (Å²) < 4.78 is 23.4. The average molecular weight is 263 g/mol. The second-order valence-corrected chi connectivity index (χ2v) is 8.40. The van der Waals surface area contributed by atoms with Crippen LogP contribution in [0.15, 0.2) is 0 Å². The largest absolute Gasteiger partial charge is 0.314 e. The first-order valence-corrected chi connectivity index (χ1v) is 8.33. The lowest BCUT2D eigenvalue weighted by Crippen LogP contribution is -2.31. The van der Waals surface area contributed by atoms with Gasteiger partial charge >= 0.3 is 0 Å². The molecule has 0 aromatic carbocycles. The van der Waals surface area contributed by atoms with Crippen LogP contribution in [0.2, 0.25) is 0 Å². The highest BCUT2D eigenvalue weighted by atomic mass is 32.2. The van der Waals surface area contributed by atoms with Gasteiger partial charge in [0.05, 0.1) is 11.0 Å². The molecule has 0 amide bonds. The smallest absolute Gasteiger partial charge is 0.152 e. The van der Waals surface area contributed by atoms with Gasteiger partial charge in [-0.15, -0.1) is 0 Å². The highest BCUT2D eigenvalue weighted by molar-refractivity contribution is 7.91. The maximum atomic E-state index is 11.7. The molecule has 0 heterocycles. The van der Waals surface area contributed by atoms with Crippen molar-refractivity contribution in [2.75, 3.05) is 12.3 Å². The third kappa shape index (κ3) is 7.04. The van der Waals surface area contributed by atoms with Gasteiger partial charge in [-0.2, -0.15) is 0 Å². The monoisotopic (exact) mass is 263 g/mol. The van der Waals surface area contributed by atoms with E-state index in [0.29, 0.717) is 23.6 Å². The Morgan fingerprint density at radius 1 is 0.941 bits per heavy atom. The summed E-state index contributed by atoms with van der Waals surface area (Å²) in [6.07, 6.45) is 0.765. The molecule has 0 aromatic rings. The van der Waals surface area contributed by atoms with Gasteiger partial charge in [-0.05, 0) is 38.6 Å². The van der Waals surface area contributed by atoms with Gasteiger partial charge in [0.15, 0.2) is 9.84 Å². The maximum Gasteiger partial charge on any atom is 0.152 e. The third-order valence-corrected chi connectivity index (χ3v) is 5.64. The molecule has 0 bridgehead atoms. The van der Waals surface area contributed by atoms with E-state index in [9.17, 15) is 8.42 Å². The van der Waals surface area contributed by atoms with Crippen LogP contribution < -0.4 is 5.32 Å². The zero-order valence-electron chi connectivity index (χ0n) is 12.2. The third-order valence-electron chi connectivity index (χ3n) is 3.40. The minimum atomic E-state index is -2.88. The molecule has 4 heteroatoms. The second kappa shape index (κ2) is 7.37. The molecular weight excluding hydrogens is 234 g/mol. The van der Waals surface area contributed by atoms with Crippen molar-refractivity contribution in [1.29, 1.82) is 0 Å². The predicted molar refractivity (Wildman–Crippen MR) is 75.0 cm³/mol. The minimum absolute atomic E-state index is 0.251. The first kappa shape index (κ1) is 16.9. The van der Waals surface area contributed by atoms with Crippen LogP contribution >= 0.6 is 0 Å². The van der Waals surface area contributed by atoms with Crippen LogP contribution in [0.1, 0.15) is 48.0 Å². The molecule has 17 heavy (non-hydrogen) atoms. The predicted octanol–water partition coefficient (Wildman–Crippen LogP) is 2.47. The Hall–Kier alpha value is -0.0900. The summed E-state index contributed by atoms with van der Waals surface area (Å²) in [4.78, 5) is 0. The van der Waals surface area contributed by atoms with Crippen LogP contribution in [0.4, 0.5) is 0 Å². The Balaban J connectivity index is 4.05. The summed E-state index contributed by atoms with van der Waals surface area (Å²) in [5, 5.41) is 3.15. The molecule has 0 aliphatic carbocycles. The van der Waals surface area contributed by atoms with Crippen LogP contribution in [0.25, 0.3) is 0 Å². The van der Waals surface area contributed by atoms with E-state index in [0.717, 1.165) is 13.0 Å². The van der Waals surface area contributed by atoms with Crippen LogP contribution in [0.5, 0.6) is 0 Å². The van der Waals surface area contributed by atoms with E-state index in [-0.39, 0.29) is 5.25 Å². The fourth-order valence-electron chi connectivity index (χ4n) is 1.49. The van der Waals surface area contributed by atoms with Gasteiger partial charge in [-0.1, -0.05) is 27.7 Å². The second-order valence-electron chi connectivity index (χ2n) is 5.72. The molecule has 0 radical (unpaired) electrons. The van der Waals surface area contributed by atoms with Crippen LogP contribution in [-0.2, 0) is 9.84 Å². The molecule has 2 atom stereocenters. The summed E-state index contributed by atoms with van der Waals surface area (Å²) in [7, 11) is -2.88. The molecular formula is C13H29NO2S. The fraction of sp³-hybridized carbons (Fsp3) is 1.00. The van der Waals surface area contributed by atoms with Gasteiger partial charge in [-0.25, -0.2) is 8.42 Å². The van der Waals surface area contributed by atoms with Crippen molar-refractivity contribution in [2.45, 2.75) is 59.3 Å². The molecule has 1 N–H and O–H groups in total. The van der Waals surface area contributed by atoms with Gasteiger partial charge in [0.1, 0.15) is 0 Å². The van der Waals surface area contributed by atoms with Gasteiger partial charge in [-0.3, -0.25) is 0 Å². The quantitative estimate of drug-likeness (QED) is 0.732. The van der Waals surface area contributed by atoms with E-state index in [1.165, 1.54) is 0 Å². The Labute approximate surface area is 107 Å². The lowest BCUT2D eigenvalue weighted by molar-refractivity contribution is 0.348. The Morgan fingerprint density at radius 2 is 1.47 bits per heavy atom. The highest BCUT2D eigenvalue weighted by Gasteiger charge is 2.19. The molecule has 104 valence electrons. The van der Waals surface area contributed by atoms with Crippen LogP contribution in [0, 0.1) is 11.8 Å². The number of sulfone groups is 1. The summed E-state index contributed by atoms with van der Waals surface area (Å²) in [6, 6.07) is 0.490. The normalized spacial score (nSPS) is 16.5. The van der Waals surface area contributed by atoms with Crippen molar-refractivity contribution >= 4 is 9.84 Å². The standard InChI is InChI=1S/C13H29NO2S/c1-10(2)14-9-13(6)12(5)7-8-17(15,16)11(3)4/h10-14H,7-9H2,1-6H3. The van der Waals surface area contributed by atoms with E-state index in [1.54, 1.807) is 13.8 Å². The SMILES string of the molecule is CC(C)NCC(C)C(C)CCS(=O)(=O)C(C)C.